The van der Waals surface area contributed by atoms with Gasteiger partial charge in [0.1, 0.15) is 0 Å². The number of carbonyl (C=O) groups excluding carboxylic acids is 1. The molecule has 6 nitrogen and oxygen atoms in total. The number of nitrogens with one attached hydrogen (secondary N) is 2. The molecule has 1 saturated carbocycles. The largest absolute Gasteiger partial charge is 0.355 e. The van der Waals surface area contributed by atoms with Crippen LogP contribution in [0, 0.1) is 16.0 Å². The standard InChI is InChI=1S/C13H16BrN3O3/c14-11-5-9(6-12(7-11)17(19)20)8-15-3-4-16-13(18)10-1-2-10/h5-7,10,15H,1-4,8H2,(H,16,18). The Labute approximate surface area is 125 Å². The van der Waals surface area contributed by atoms with Crippen molar-refractivity contribution in [1.82, 2.24) is 10.6 Å². The Morgan fingerprint density at radius 3 is 2.75 bits per heavy atom. The highest BCUT2D eigenvalue weighted by molar-refractivity contribution is 9.10. The van der Waals surface area contributed by atoms with E-state index in [1.54, 1.807) is 6.07 Å². The molecule has 1 aromatic carbocycles. The Morgan fingerprint density at radius 2 is 2.10 bits per heavy atom. The number of rotatable bonds is 7. The van der Waals surface area contributed by atoms with Crippen molar-refractivity contribution in [3.8, 4) is 0 Å². The van der Waals surface area contributed by atoms with Crippen molar-refractivity contribution >= 4 is 27.5 Å². The van der Waals surface area contributed by atoms with Crippen LogP contribution in [0.15, 0.2) is 22.7 Å². The number of nitro groups is 1. The Bertz CT molecular complexity index is 518. The molecule has 1 amide bonds. The van der Waals surface area contributed by atoms with Crippen LogP contribution in [0.5, 0.6) is 0 Å². The van der Waals surface area contributed by atoms with E-state index in [0.29, 0.717) is 24.1 Å². The van der Waals surface area contributed by atoms with Gasteiger partial charge in [-0.25, -0.2) is 0 Å². The second-order valence-electron chi connectivity index (χ2n) is 4.82. The van der Waals surface area contributed by atoms with Gasteiger partial charge in [-0.3, -0.25) is 14.9 Å². The third-order valence-corrected chi connectivity index (χ3v) is 3.49. The minimum atomic E-state index is -0.413. The van der Waals surface area contributed by atoms with Gasteiger partial charge in [-0.1, -0.05) is 15.9 Å². The van der Waals surface area contributed by atoms with Crippen molar-refractivity contribution in [1.29, 1.82) is 0 Å². The lowest BCUT2D eigenvalue weighted by atomic mass is 10.2. The van der Waals surface area contributed by atoms with E-state index in [1.165, 1.54) is 6.07 Å². The lowest BCUT2D eigenvalue weighted by Gasteiger charge is -2.07. The van der Waals surface area contributed by atoms with Crippen molar-refractivity contribution in [2.45, 2.75) is 19.4 Å². The van der Waals surface area contributed by atoms with E-state index in [9.17, 15) is 14.9 Å². The van der Waals surface area contributed by atoms with Crippen LogP contribution in [0.3, 0.4) is 0 Å². The summed E-state index contributed by atoms with van der Waals surface area (Å²) in [6, 6.07) is 4.85. The van der Waals surface area contributed by atoms with E-state index < -0.39 is 4.92 Å². The first-order valence-corrected chi connectivity index (χ1v) is 7.28. The average Bonchev–Trinajstić information content (AvgIpc) is 3.21. The van der Waals surface area contributed by atoms with Crippen LogP contribution in [0.25, 0.3) is 0 Å². The Morgan fingerprint density at radius 1 is 1.35 bits per heavy atom. The van der Waals surface area contributed by atoms with Crippen molar-refractivity contribution in [2.24, 2.45) is 5.92 Å². The summed E-state index contributed by atoms with van der Waals surface area (Å²) in [5, 5.41) is 16.7. The van der Waals surface area contributed by atoms with Crippen molar-refractivity contribution < 1.29 is 9.72 Å². The van der Waals surface area contributed by atoms with E-state index in [-0.39, 0.29) is 17.5 Å². The van der Waals surface area contributed by atoms with Crippen molar-refractivity contribution in [3.05, 3.63) is 38.3 Å². The lowest BCUT2D eigenvalue weighted by Crippen LogP contribution is -2.32. The molecular weight excluding hydrogens is 326 g/mol. The molecule has 0 saturated heterocycles. The molecule has 0 spiro atoms. The maximum atomic E-state index is 11.4. The zero-order valence-electron chi connectivity index (χ0n) is 10.9. The molecule has 0 radical (unpaired) electrons. The highest BCUT2D eigenvalue weighted by atomic mass is 79.9. The van der Waals surface area contributed by atoms with E-state index >= 15 is 0 Å². The summed E-state index contributed by atoms with van der Waals surface area (Å²) in [7, 11) is 0. The molecule has 0 bridgehead atoms. The first-order chi connectivity index (χ1) is 9.56. The van der Waals surface area contributed by atoms with Crippen LogP contribution in [0.2, 0.25) is 0 Å². The van der Waals surface area contributed by atoms with Crippen LogP contribution in [-0.2, 0) is 11.3 Å². The first kappa shape index (κ1) is 14.9. The summed E-state index contributed by atoms with van der Waals surface area (Å²) >= 11 is 3.26. The van der Waals surface area contributed by atoms with Crippen molar-refractivity contribution in [2.75, 3.05) is 13.1 Å². The smallest absolute Gasteiger partial charge is 0.270 e. The van der Waals surface area contributed by atoms with Gasteiger partial charge in [-0.05, 0) is 24.5 Å². The minimum absolute atomic E-state index is 0.0678. The number of amides is 1. The minimum Gasteiger partial charge on any atom is -0.355 e. The van der Waals surface area contributed by atoms with Crippen LogP contribution >= 0.6 is 15.9 Å². The van der Waals surface area contributed by atoms with E-state index in [0.717, 1.165) is 18.4 Å². The third-order valence-electron chi connectivity index (χ3n) is 3.03. The molecule has 2 rings (SSSR count). The number of carbonyl (C=O) groups is 1. The maximum Gasteiger partial charge on any atom is 0.270 e. The Hall–Kier alpha value is -1.47. The Balaban J connectivity index is 1.73. The molecule has 7 heteroatoms. The first-order valence-electron chi connectivity index (χ1n) is 6.48. The number of hydrogen-bond acceptors (Lipinski definition) is 4. The third kappa shape index (κ3) is 4.57. The molecule has 0 aromatic heterocycles. The van der Waals surface area contributed by atoms with E-state index in [4.69, 9.17) is 0 Å². The SMILES string of the molecule is O=C(NCCNCc1cc(Br)cc([N+](=O)[O-])c1)C1CC1. The number of hydrogen-bond donors (Lipinski definition) is 2. The Kier molecular flexibility index (Phi) is 5.08. The van der Waals surface area contributed by atoms with Gasteiger partial charge < -0.3 is 10.6 Å². The molecule has 1 aliphatic carbocycles. The fraction of sp³-hybridized carbons (Fsp3) is 0.462. The topological polar surface area (TPSA) is 84.3 Å². The molecule has 2 N–H and O–H groups in total. The summed E-state index contributed by atoms with van der Waals surface area (Å²) in [6.45, 7) is 1.74. The summed E-state index contributed by atoms with van der Waals surface area (Å²) in [5.74, 6) is 0.354. The quantitative estimate of drug-likeness (QED) is 0.451. The van der Waals surface area contributed by atoms with Gasteiger partial charge in [0, 0.05) is 42.2 Å². The average molecular weight is 342 g/mol. The van der Waals surface area contributed by atoms with Gasteiger partial charge in [0.25, 0.3) is 5.69 Å². The summed E-state index contributed by atoms with van der Waals surface area (Å²) in [5.41, 5.74) is 0.901. The van der Waals surface area contributed by atoms with Crippen LogP contribution in [0.1, 0.15) is 18.4 Å². The molecule has 0 heterocycles. The molecule has 1 fully saturated rings. The fourth-order valence-corrected chi connectivity index (χ4v) is 2.37. The van der Waals surface area contributed by atoms with Crippen LogP contribution in [0.4, 0.5) is 5.69 Å². The van der Waals surface area contributed by atoms with Gasteiger partial charge in [0.15, 0.2) is 0 Å². The second-order valence-corrected chi connectivity index (χ2v) is 5.73. The zero-order chi connectivity index (χ0) is 14.5. The number of non-ortho nitro benzene ring substituents is 1. The van der Waals surface area contributed by atoms with Crippen molar-refractivity contribution in [3.63, 3.8) is 0 Å². The summed E-state index contributed by atoms with van der Waals surface area (Å²) in [4.78, 5) is 21.7. The number of nitrogens with zero attached hydrogens (tertiary/aromatic N) is 1. The monoisotopic (exact) mass is 341 g/mol. The molecule has 0 aliphatic heterocycles. The normalized spacial score (nSPS) is 14.1. The summed E-state index contributed by atoms with van der Waals surface area (Å²) in [6.07, 6.45) is 2.00. The van der Waals surface area contributed by atoms with Crippen LogP contribution in [-0.4, -0.2) is 23.9 Å². The zero-order valence-corrected chi connectivity index (χ0v) is 12.5. The van der Waals surface area contributed by atoms with Crippen LogP contribution < -0.4 is 10.6 Å². The van der Waals surface area contributed by atoms with Gasteiger partial charge in [-0.15, -0.1) is 0 Å². The van der Waals surface area contributed by atoms with Gasteiger partial charge >= 0.3 is 0 Å². The predicted octanol–water partition coefficient (Wildman–Crippen LogP) is 1.97. The lowest BCUT2D eigenvalue weighted by molar-refractivity contribution is -0.385. The summed E-state index contributed by atoms with van der Waals surface area (Å²) < 4.78 is 0.686. The van der Waals surface area contributed by atoms with Gasteiger partial charge in [0.05, 0.1) is 4.92 Å². The molecular formula is C13H16BrN3O3. The number of halogens is 1. The maximum absolute atomic E-state index is 11.4. The second kappa shape index (κ2) is 6.81. The molecule has 0 unspecified atom stereocenters. The molecule has 108 valence electrons. The number of benzene rings is 1. The predicted molar refractivity (Wildman–Crippen MR) is 78.2 cm³/mol. The van der Waals surface area contributed by atoms with E-state index in [1.807, 2.05) is 6.07 Å². The van der Waals surface area contributed by atoms with E-state index in [2.05, 4.69) is 26.6 Å². The highest BCUT2D eigenvalue weighted by Crippen LogP contribution is 2.28. The molecule has 0 atom stereocenters. The number of nitro benzene ring substituents is 1. The molecule has 1 aliphatic rings. The van der Waals surface area contributed by atoms with Gasteiger partial charge in [0.2, 0.25) is 5.91 Å². The van der Waals surface area contributed by atoms with Gasteiger partial charge in [-0.2, -0.15) is 0 Å². The highest BCUT2D eigenvalue weighted by Gasteiger charge is 2.28. The molecule has 20 heavy (non-hydrogen) atoms. The fourth-order valence-electron chi connectivity index (χ4n) is 1.84. The molecule has 1 aromatic rings.